The predicted molar refractivity (Wildman–Crippen MR) is 180 cm³/mol. The molecular weight excluding hydrogens is 606 g/mol. The van der Waals surface area contributed by atoms with Crippen LogP contribution in [0, 0.1) is 39.9 Å². The molecule has 0 bridgehead atoms. The maximum absolute atomic E-state index is 13.7. The van der Waals surface area contributed by atoms with Gasteiger partial charge in [-0.3, -0.25) is 9.69 Å². The molecule has 10 nitrogen and oxygen atoms in total. The molecule has 254 valence electrons. The van der Waals surface area contributed by atoms with Gasteiger partial charge < -0.3 is 24.0 Å². The molecule has 6 rings (SSSR count). The number of carbonyl (C=O) groups is 2. The monoisotopic (exact) mass is 653 g/mol. The molecule has 3 heterocycles. The molecule has 2 aromatic rings. The quantitative estimate of drug-likeness (QED) is 0.391. The van der Waals surface area contributed by atoms with Crippen LogP contribution in [-0.2, 0) is 11.3 Å². The zero-order chi connectivity index (χ0) is 34.6. The number of methoxy groups -OCH3 is 1. The Kier molecular flexibility index (Phi) is 8.62. The molecule has 0 radical (unpaired) electrons. The summed E-state index contributed by atoms with van der Waals surface area (Å²) < 4.78 is 17.4. The second-order valence-corrected chi connectivity index (χ2v) is 15.7. The summed E-state index contributed by atoms with van der Waals surface area (Å²) in [5, 5.41) is 9.35. The predicted octanol–water partition coefficient (Wildman–Crippen LogP) is 5.48. The molecule has 2 aliphatic heterocycles. The van der Waals surface area contributed by atoms with Crippen LogP contribution in [0.3, 0.4) is 0 Å². The van der Waals surface area contributed by atoms with Crippen LogP contribution in [-0.4, -0.2) is 88.8 Å². The largest absolute Gasteiger partial charge is 0.495 e. The molecule has 10 heteroatoms. The van der Waals surface area contributed by atoms with E-state index in [2.05, 4.69) is 50.5 Å². The molecule has 1 aromatic carbocycles. The number of aromatic nitrogens is 1. The van der Waals surface area contributed by atoms with Crippen LogP contribution >= 0.6 is 0 Å². The summed E-state index contributed by atoms with van der Waals surface area (Å²) in [6.07, 6.45) is 1.63. The molecule has 0 unspecified atom stereocenters. The molecule has 4 aliphatic rings. The number of carbonyl (C=O) groups excluding carboxylic acids is 2. The van der Waals surface area contributed by atoms with Gasteiger partial charge in [0.05, 0.1) is 30.5 Å². The highest BCUT2D eigenvalue weighted by atomic mass is 16.6. The maximum atomic E-state index is 13.7. The van der Waals surface area contributed by atoms with E-state index < -0.39 is 5.60 Å². The van der Waals surface area contributed by atoms with E-state index in [0.29, 0.717) is 59.9 Å². The molecule has 3 fully saturated rings. The van der Waals surface area contributed by atoms with Gasteiger partial charge in [0.2, 0.25) is 0 Å². The Morgan fingerprint density at radius 3 is 2.33 bits per heavy atom. The van der Waals surface area contributed by atoms with Crippen molar-refractivity contribution in [2.45, 2.75) is 91.6 Å². The van der Waals surface area contributed by atoms with Crippen molar-refractivity contribution in [3.63, 3.8) is 0 Å². The van der Waals surface area contributed by atoms with Crippen molar-refractivity contribution in [3.8, 4) is 29.4 Å². The number of hydrogen-bond acceptors (Lipinski definition) is 8. The van der Waals surface area contributed by atoms with E-state index in [1.807, 2.05) is 37.8 Å². The van der Waals surface area contributed by atoms with Gasteiger partial charge in [-0.05, 0) is 63.8 Å². The summed E-state index contributed by atoms with van der Waals surface area (Å²) in [7, 11) is 1.54. The normalized spacial score (nSPS) is 25.9. The molecular formula is C38H47N5O5. The molecule has 0 atom stereocenters. The van der Waals surface area contributed by atoms with E-state index in [-0.39, 0.29) is 35.0 Å². The zero-order valence-electron chi connectivity index (χ0n) is 29.4. The number of fused-ring (bicyclic) bond motifs is 1. The van der Waals surface area contributed by atoms with Gasteiger partial charge in [-0.1, -0.05) is 33.6 Å². The highest BCUT2D eigenvalue weighted by Gasteiger charge is 2.67. The van der Waals surface area contributed by atoms with Crippen LogP contribution in [0.1, 0.15) is 88.6 Å². The average molecular weight is 654 g/mol. The number of ether oxygens (including phenoxy) is 3. The topological polar surface area (TPSA) is 108 Å². The van der Waals surface area contributed by atoms with E-state index in [1.54, 1.807) is 23.1 Å². The summed E-state index contributed by atoms with van der Waals surface area (Å²) in [5.41, 5.74) is 1.40. The van der Waals surface area contributed by atoms with Gasteiger partial charge >= 0.3 is 6.09 Å². The first-order valence-corrected chi connectivity index (χ1v) is 16.9. The molecule has 48 heavy (non-hydrogen) atoms. The van der Waals surface area contributed by atoms with E-state index in [0.717, 1.165) is 31.6 Å². The summed E-state index contributed by atoms with van der Waals surface area (Å²) in [6, 6.07) is 11.5. The SMILES string of the molecule is COc1cc(O[C@H]2C(C)(C)[C@H](N3Cc4nc(C#C[C@H]5C[C@H](N6CCN(C(=O)OC(C)(C)C)CC6)C5)ccc4C3=O)C2(C)C)ccc1C#N. The number of hydrogen-bond donors (Lipinski definition) is 0. The van der Waals surface area contributed by atoms with Gasteiger partial charge in [-0.15, -0.1) is 0 Å². The average Bonchev–Trinajstić information content (AvgIpc) is 3.31. The van der Waals surface area contributed by atoms with Crippen molar-refractivity contribution < 1.29 is 23.8 Å². The Labute approximate surface area is 284 Å². The number of nitrogens with zero attached hydrogens (tertiary/aromatic N) is 5. The summed E-state index contributed by atoms with van der Waals surface area (Å²) in [5.74, 6) is 8.13. The number of pyridine rings is 1. The Morgan fingerprint density at radius 2 is 1.71 bits per heavy atom. The van der Waals surface area contributed by atoms with Crippen molar-refractivity contribution in [3.05, 3.63) is 52.8 Å². The minimum atomic E-state index is -0.481. The van der Waals surface area contributed by atoms with Gasteiger partial charge in [0.15, 0.2) is 0 Å². The molecule has 1 aromatic heterocycles. The lowest BCUT2D eigenvalue weighted by molar-refractivity contribution is -0.199. The highest BCUT2D eigenvalue weighted by Crippen LogP contribution is 2.59. The van der Waals surface area contributed by atoms with Crippen molar-refractivity contribution in [1.82, 2.24) is 19.7 Å². The van der Waals surface area contributed by atoms with Crippen molar-refractivity contribution in [1.29, 1.82) is 5.26 Å². The van der Waals surface area contributed by atoms with E-state index in [4.69, 9.17) is 19.2 Å². The third-order valence-electron chi connectivity index (χ3n) is 10.4. The number of rotatable bonds is 5. The van der Waals surface area contributed by atoms with Crippen LogP contribution < -0.4 is 9.47 Å². The minimum absolute atomic E-state index is 0.00440. The first-order chi connectivity index (χ1) is 22.6. The second kappa shape index (κ2) is 12.3. The van der Waals surface area contributed by atoms with Gasteiger partial charge in [0.1, 0.15) is 35.0 Å². The number of benzene rings is 1. The maximum Gasteiger partial charge on any atom is 0.410 e. The lowest BCUT2D eigenvalue weighted by Crippen LogP contribution is -2.74. The molecule has 0 spiro atoms. The molecule has 2 amide bonds. The van der Waals surface area contributed by atoms with Crippen LogP contribution in [0.2, 0.25) is 0 Å². The number of piperazine rings is 1. The Morgan fingerprint density at radius 1 is 1.02 bits per heavy atom. The Balaban J connectivity index is 1.04. The molecule has 1 saturated heterocycles. The van der Waals surface area contributed by atoms with Gasteiger partial charge in [0.25, 0.3) is 5.91 Å². The second-order valence-electron chi connectivity index (χ2n) is 15.7. The third kappa shape index (κ3) is 6.19. The third-order valence-corrected chi connectivity index (χ3v) is 10.4. The van der Waals surface area contributed by atoms with Gasteiger partial charge in [-0.2, -0.15) is 5.26 Å². The van der Waals surface area contributed by atoms with Crippen molar-refractivity contribution in [2.75, 3.05) is 33.3 Å². The van der Waals surface area contributed by atoms with E-state index in [9.17, 15) is 14.9 Å². The number of nitriles is 1. The fraction of sp³-hybridized carbons (Fsp3) is 0.579. The molecule has 2 aliphatic carbocycles. The standard InChI is InChI=1S/C38H47N5O5/c1-36(2,3)48-35(45)42-17-15-41(16-18-42)27-19-24(20-27)9-11-26-12-14-29-30(40-26)23-43(32(29)44)33-37(4,5)34(38(33,6)7)47-28-13-10-25(22-39)31(21-28)46-8/h10,12-14,21,24,27,33-34H,15-20,23H2,1-8H3/t24-,27-,33-,34-. The van der Waals surface area contributed by atoms with Crippen LogP contribution in [0.5, 0.6) is 11.5 Å². The van der Waals surface area contributed by atoms with E-state index in [1.165, 1.54) is 7.11 Å². The fourth-order valence-electron chi connectivity index (χ4n) is 8.45. The highest BCUT2D eigenvalue weighted by molar-refractivity contribution is 5.98. The summed E-state index contributed by atoms with van der Waals surface area (Å²) in [4.78, 5) is 37.1. The van der Waals surface area contributed by atoms with Crippen LogP contribution in [0.15, 0.2) is 30.3 Å². The van der Waals surface area contributed by atoms with Crippen molar-refractivity contribution >= 4 is 12.0 Å². The zero-order valence-corrected chi connectivity index (χ0v) is 29.4. The summed E-state index contributed by atoms with van der Waals surface area (Å²) >= 11 is 0. The lowest BCUT2D eigenvalue weighted by Gasteiger charge is -2.65. The number of amides is 2. The fourth-order valence-corrected chi connectivity index (χ4v) is 8.45. The summed E-state index contributed by atoms with van der Waals surface area (Å²) in [6.45, 7) is 17.8. The van der Waals surface area contributed by atoms with Crippen LogP contribution in [0.25, 0.3) is 0 Å². The first-order valence-electron chi connectivity index (χ1n) is 16.9. The van der Waals surface area contributed by atoms with Gasteiger partial charge in [-0.25, -0.2) is 9.78 Å². The Hall–Kier alpha value is -4.28. The van der Waals surface area contributed by atoms with Crippen molar-refractivity contribution in [2.24, 2.45) is 16.7 Å². The van der Waals surface area contributed by atoms with Gasteiger partial charge in [0, 0.05) is 61.1 Å². The Bertz CT molecular complexity index is 1680. The smallest absolute Gasteiger partial charge is 0.410 e. The minimum Gasteiger partial charge on any atom is -0.495 e. The lowest BCUT2D eigenvalue weighted by atomic mass is 9.49. The first kappa shape index (κ1) is 33.6. The van der Waals surface area contributed by atoms with E-state index >= 15 is 0 Å². The molecule has 0 N–H and O–H groups in total. The molecule has 2 saturated carbocycles. The van der Waals surface area contributed by atoms with Crippen LogP contribution in [0.4, 0.5) is 4.79 Å².